The molecule has 0 saturated carbocycles. The minimum Gasteiger partial charge on any atom is -0.507 e. The lowest BCUT2D eigenvalue weighted by Crippen LogP contribution is -2.22. The molecule has 33 heavy (non-hydrogen) atoms. The number of aromatic hydroxyl groups is 2. The fraction of sp³-hybridized carbons (Fsp3) is 0.190. The Bertz CT molecular complexity index is 1130. The van der Waals surface area contributed by atoms with E-state index in [0.717, 1.165) is 0 Å². The summed E-state index contributed by atoms with van der Waals surface area (Å²) < 4.78 is 10.4. The molecule has 0 aliphatic carbocycles. The summed E-state index contributed by atoms with van der Waals surface area (Å²) in [6.07, 6.45) is -2.24. The standard InChI is InChI=1S/C21H20N4O8/c1-9(19(28)29)32-11-3-5-13(15(26)7-11)17-23-18(25-21(22)24-17)14-6-4-12(8-16(14)27)33-10(2)20(30)31/h3-10,26-27H,1-2H3,(H,28,29)(H,30,31)(H2,22,23,24,25). The number of aromatic nitrogens is 3. The second-order valence-corrected chi connectivity index (χ2v) is 6.90. The molecule has 0 saturated heterocycles. The highest BCUT2D eigenvalue weighted by Gasteiger charge is 2.18. The molecule has 3 rings (SSSR count). The maximum Gasteiger partial charge on any atom is 0.344 e. The van der Waals surface area contributed by atoms with Crippen molar-refractivity contribution in [1.82, 2.24) is 15.0 Å². The van der Waals surface area contributed by atoms with Crippen LogP contribution in [0.15, 0.2) is 36.4 Å². The van der Waals surface area contributed by atoms with Crippen molar-refractivity contribution in [3.05, 3.63) is 36.4 Å². The van der Waals surface area contributed by atoms with E-state index in [-0.39, 0.29) is 51.7 Å². The molecular formula is C21H20N4O8. The number of aliphatic carboxylic acids is 2. The number of carbonyl (C=O) groups is 2. The van der Waals surface area contributed by atoms with Crippen LogP contribution < -0.4 is 15.2 Å². The Kier molecular flexibility index (Phi) is 6.47. The van der Waals surface area contributed by atoms with Crippen molar-refractivity contribution in [2.75, 3.05) is 5.73 Å². The van der Waals surface area contributed by atoms with Crippen molar-refractivity contribution in [2.24, 2.45) is 0 Å². The van der Waals surface area contributed by atoms with Crippen molar-refractivity contribution < 1.29 is 39.5 Å². The highest BCUT2D eigenvalue weighted by atomic mass is 16.5. The number of carboxylic acids is 2. The number of anilines is 1. The first-order valence-corrected chi connectivity index (χ1v) is 9.52. The minimum atomic E-state index is -1.16. The summed E-state index contributed by atoms with van der Waals surface area (Å²) in [5, 5.41) is 38.6. The van der Waals surface area contributed by atoms with Gasteiger partial charge in [0, 0.05) is 12.1 Å². The number of carboxylic acid groups (broad SMARTS) is 2. The molecule has 0 spiro atoms. The van der Waals surface area contributed by atoms with Gasteiger partial charge < -0.3 is 35.6 Å². The van der Waals surface area contributed by atoms with Crippen LogP contribution in [0.4, 0.5) is 5.95 Å². The molecule has 0 aliphatic rings. The van der Waals surface area contributed by atoms with Gasteiger partial charge in [-0.2, -0.15) is 9.97 Å². The van der Waals surface area contributed by atoms with Gasteiger partial charge in [0.1, 0.15) is 23.0 Å². The summed E-state index contributed by atoms with van der Waals surface area (Å²) in [6, 6.07) is 8.12. The average Bonchev–Trinajstić information content (AvgIpc) is 2.73. The van der Waals surface area contributed by atoms with E-state index in [1.165, 1.54) is 50.2 Å². The number of nitrogen functional groups attached to an aromatic ring is 1. The molecule has 0 bridgehead atoms. The number of nitrogens with zero attached hydrogens (tertiary/aromatic N) is 3. The van der Waals surface area contributed by atoms with Crippen molar-refractivity contribution in [3.63, 3.8) is 0 Å². The van der Waals surface area contributed by atoms with Crippen LogP contribution in [0, 0.1) is 0 Å². The van der Waals surface area contributed by atoms with Crippen LogP contribution in [-0.4, -0.2) is 59.5 Å². The predicted molar refractivity (Wildman–Crippen MR) is 114 cm³/mol. The Labute approximate surface area is 186 Å². The van der Waals surface area contributed by atoms with Crippen LogP contribution in [0.2, 0.25) is 0 Å². The predicted octanol–water partition coefficient (Wildman–Crippen LogP) is 1.90. The molecule has 0 fully saturated rings. The SMILES string of the molecule is CC(Oc1ccc(-c2nc(N)nc(-c3ccc(OC(C)C(=O)O)cc3O)n2)c(O)c1)C(=O)O. The summed E-state index contributed by atoms with van der Waals surface area (Å²) in [5.74, 6) is -2.87. The van der Waals surface area contributed by atoms with Crippen molar-refractivity contribution >= 4 is 17.9 Å². The van der Waals surface area contributed by atoms with E-state index in [4.69, 9.17) is 25.4 Å². The normalized spacial score (nSPS) is 12.5. The fourth-order valence-corrected chi connectivity index (χ4v) is 2.69. The van der Waals surface area contributed by atoms with Gasteiger partial charge >= 0.3 is 11.9 Å². The van der Waals surface area contributed by atoms with Crippen LogP contribution in [0.5, 0.6) is 23.0 Å². The molecule has 2 atom stereocenters. The molecule has 12 nitrogen and oxygen atoms in total. The first-order valence-electron chi connectivity index (χ1n) is 9.52. The zero-order valence-electron chi connectivity index (χ0n) is 17.5. The van der Waals surface area contributed by atoms with Gasteiger partial charge in [-0.15, -0.1) is 0 Å². The third-order valence-corrected chi connectivity index (χ3v) is 4.39. The summed E-state index contributed by atoms with van der Waals surface area (Å²) in [7, 11) is 0. The van der Waals surface area contributed by atoms with E-state index in [1.807, 2.05) is 0 Å². The van der Waals surface area contributed by atoms with Gasteiger partial charge in [0.05, 0.1) is 11.1 Å². The first-order chi connectivity index (χ1) is 15.5. The van der Waals surface area contributed by atoms with Gasteiger partial charge in [0.15, 0.2) is 23.9 Å². The van der Waals surface area contributed by atoms with Crippen molar-refractivity contribution in [3.8, 4) is 45.8 Å². The molecule has 1 heterocycles. The second kappa shape index (κ2) is 9.26. The number of nitrogens with two attached hydrogens (primary N) is 1. The Morgan fingerprint density at radius 3 is 1.52 bits per heavy atom. The van der Waals surface area contributed by atoms with E-state index in [9.17, 15) is 19.8 Å². The van der Waals surface area contributed by atoms with Gasteiger partial charge in [-0.1, -0.05) is 0 Å². The molecular weight excluding hydrogens is 436 g/mol. The van der Waals surface area contributed by atoms with Gasteiger partial charge in [0.2, 0.25) is 5.95 Å². The van der Waals surface area contributed by atoms with Crippen LogP contribution in [0.3, 0.4) is 0 Å². The van der Waals surface area contributed by atoms with Crippen LogP contribution in [0.1, 0.15) is 13.8 Å². The molecule has 0 amide bonds. The maximum atomic E-state index is 10.9. The Balaban J connectivity index is 1.93. The Morgan fingerprint density at radius 2 is 1.18 bits per heavy atom. The number of hydrogen-bond donors (Lipinski definition) is 5. The second-order valence-electron chi connectivity index (χ2n) is 6.90. The van der Waals surface area contributed by atoms with E-state index >= 15 is 0 Å². The third kappa shape index (κ3) is 5.36. The topological polar surface area (TPSA) is 198 Å². The maximum absolute atomic E-state index is 10.9. The van der Waals surface area contributed by atoms with E-state index < -0.39 is 24.1 Å². The molecule has 3 aromatic rings. The highest BCUT2D eigenvalue weighted by Crippen LogP contribution is 2.34. The summed E-state index contributed by atoms with van der Waals surface area (Å²) in [6.45, 7) is 2.69. The molecule has 2 unspecified atom stereocenters. The zero-order chi connectivity index (χ0) is 24.3. The van der Waals surface area contributed by atoms with Crippen LogP contribution >= 0.6 is 0 Å². The molecule has 0 aliphatic heterocycles. The van der Waals surface area contributed by atoms with E-state index in [1.54, 1.807) is 0 Å². The number of ether oxygens (including phenoxy) is 2. The van der Waals surface area contributed by atoms with E-state index in [0.29, 0.717) is 0 Å². The number of phenols is 2. The number of phenolic OH excluding ortho intramolecular Hbond substituents is 2. The Hall–Kier alpha value is -4.61. The first kappa shape index (κ1) is 23.1. The monoisotopic (exact) mass is 456 g/mol. The Morgan fingerprint density at radius 1 is 0.788 bits per heavy atom. The number of rotatable bonds is 8. The van der Waals surface area contributed by atoms with Crippen molar-refractivity contribution in [1.29, 1.82) is 0 Å². The smallest absolute Gasteiger partial charge is 0.344 e. The zero-order valence-corrected chi connectivity index (χ0v) is 17.5. The molecule has 0 radical (unpaired) electrons. The molecule has 172 valence electrons. The fourth-order valence-electron chi connectivity index (χ4n) is 2.69. The number of hydrogen-bond acceptors (Lipinski definition) is 10. The van der Waals surface area contributed by atoms with E-state index in [2.05, 4.69) is 15.0 Å². The molecule has 6 N–H and O–H groups in total. The average molecular weight is 456 g/mol. The van der Waals surface area contributed by atoms with Crippen LogP contribution in [-0.2, 0) is 9.59 Å². The largest absolute Gasteiger partial charge is 0.507 e. The third-order valence-electron chi connectivity index (χ3n) is 4.39. The lowest BCUT2D eigenvalue weighted by Gasteiger charge is -2.13. The molecule has 12 heteroatoms. The lowest BCUT2D eigenvalue weighted by molar-refractivity contribution is -0.145. The summed E-state index contributed by atoms with van der Waals surface area (Å²) >= 11 is 0. The lowest BCUT2D eigenvalue weighted by atomic mass is 10.1. The summed E-state index contributed by atoms with van der Waals surface area (Å²) in [4.78, 5) is 34.1. The van der Waals surface area contributed by atoms with Gasteiger partial charge in [0.25, 0.3) is 0 Å². The highest BCUT2D eigenvalue weighted by molar-refractivity contribution is 5.74. The quantitative estimate of drug-likeness (QED) is 0.330. The van der Waals surface area contributed by atoms with Gasteiger partial charge in [-0.25, -0.2) is 14.6 Å². The molecule has 2 aromatic carbocycles. The van der Waals surface area contributed by atoms with Crippen LogP contribution in [0.25, 0.3) is 22.8 Å². The van der Waals surface area contributed by atoms with Gasteiger partial charge in [-0.05, 0) is 38.1 Å². The van der Waals surface area contributed by atoms with Crippen molar-refractivity contribution in [2.45, 2.75) is 26.1 Å². The molecule has 1 aromatic heterocycles. The van der Waals surface area contributed by atoms with Gasteiger partial charge in [-0.3, -0.25) is 0 Å². The summed E-state index contributed by atoms with van der Waals surface area (Å²) in [5.41, 5.74) is 6.11. The minimum absolute atomic E-state index is 0.00735. The number of benzene rings is 2.